The number of rotatable bonds is 24. The second-order valence-electron chi connectivity index (χ2n) is 8.87. The van der Waals surface area contributed by atoms with Gasteiger partial charge in [0.1, 0.15) is 12.7 Å². The van der Waals surface area contributed by atoms with Crippen LogP contribution in [0.3, 0.4) is 0 Å². The predicted octanol–water partition coefficient (Wildman–Crippen LogP) is 6.60. The Morgan fingerprint density at radius 2 is 1.21 bits per heavy atom. The maximum atomic E-state index is 11.6. The Morgan fingerprint density at radius 1 is 0.758 bits per heavy atom. The molecule has 0 heterocycles. The van der Waals surface area contributed by atoms with E-state index in [1.165, 1.54) is 89.9 Å². The van der Waals surface area contributed by atoms with Crippen LogP contribution in [-0.2, 0) is 18.6 Å². The highest BCUT2D eigenvalue weighted by molar-refractivity contribution is 7.46. The summed E-state index contributed by atoms with van der Waals surface area (Å²) in [6, 6.07) is 0. The normalized spacial score (nSPS) is 13.0. The fraction of sp³-hybridized carbons (Fsp3) is 0.880. The standard InChI is InChI=1S/C25H49O7P/c1-2-3-4-5-6-7-8-9-10-11-12-13-14-15-16-17-18-19-20-21-25(27)31-22-24(26)23-32-33(28,29)30/h9-10,24,26H,2-8,11-23H2,1H3,(H2,28,29,30)/b10-9+. The van der Waals surface area contributed by atoms with Gasteiger partial charge in [0.25, 0.3) is 0 Å². The highest BCUT2D eigenvalue weighted by atomic mass is 31.2. The first-order valence-electron chi connectivity index (χ1n) is 13.0. The highest BCUT2D eigenvalue weighted by Gasteiger charge is 2.17. The molecular weight excluding hydrogens is 443 g/mol. The first-order chi connectivity index (χ1) is 15.8. The first kappa shape index (κ1) is 32.3. The molecular formula is C25H49O7P. The average molecular weight is 493 g/mol. The van der Waals surface area contributed by atoms with Crippen molar-refractivity contribution in [2.45, 2.75) is 129 Å². The fourth-order valence-corrected chi connectivity index (χ4v) is 3.91. The Kier molecular flexibility index (Phi) is 22.5. The molecule has 1 atom stereocenters. The molecule has 0 aromatic heterocycles. The van der Waals surface area contributed by atoms with Gasteiger partial charge >= 0.3 is 13.8 Å². The van der Waals surface area contributed by atoms with Crippen LogP contribution >= 0.6 is 7.82 Å². The Balaban J connectivity index is 3.31. The maximum Gasteiger partial charge on any atom is 0.469 e. The van der Waals surface area contributed by atoms with E-state index in [2.05, 4.69) is 23.6 Å². The maximum absolute atomic E-state index is 11.6. The predicted molar refractivity (Wildman–Crippen MR) is 133 cm³/mol. The molecule has 0 saturated heterocycles. The molecule has 0 aliphatic heterocycles. The molecule has 0 aromatic rings. The molecule has 33 heavy (non-hydrogen) atoms. The Bertz CT molecular complexity index is 519. The Hall–Kier alpha value is -0.720. The van der Waals surface area contributed by atoms with Gasteiger partial charge in [0, 0.05) is 6.42 Å². The third-order valence-electron chi connectivity index (χ3n) is 5.51. The number of allylic oxidation sites excluding steroid dienone is 2. The molecule has 3 N–H and O–H groups in total. The van der Waals surface area contributed by atoms with Gasteiger partial charge < -0.3 is 19.6 Å². The van der Waals surface area contributed by atoms with Gasteiger partial charge in [0.15, 0.2) is 0 Å². The minimum atomic E-state index is -4.62. The molecule has 8 heteroatoms. The van der Waals surface area contributed by atoms with Crippen molar-refractivity contribution in [3.05, 3.63) is 12.2 Å². The van der Waals surface area contributed by atoms with Gasteiger partial charge in [0.05, 0.1) is 6.61 Å². The van der Waals surface area contributed by atoms with Crippen LogP contribution in [0.15, 0.2) is 12.2 Å². The average Bonchev–Trinajstić information content (AvgIpc) is 2.77. The summed E-state index contributed by atoms with van der Waals surface area (Å²) in [6.45, 7) is 1.36. The lowest BCUT2D eigenvalue weighted by atomic mass is 10.1. The molecule has 0 aromatic carbocycles. The van der Waals surface area contributed by atoms with Crippen molar-refractivity contribution >= 4 is 13.8 Å². The number of carbonyl (C=O) groups is 1. The Labute approximate surface area is 201 Å². The van der Waals surface area contributed by atoms with E-state index < -0.39 is 26.5 Å². The van der Waals surface area contributed by atoms with Crippen LogP contribution in [0.1, 0.15) is 122 Å². The lowest BCUT2D eigenvalue weighted by molar-refractivity contribution is -0.147. The van der Waals surface area contributed by atoms with Crippen molar-refractivity contribution in [2.24, 2.45) is 0 Å². The monoisotopic (exact) mass is 492 g/mol. The van der Waals surface area contributed by atoms with Gasteiger partial charge in [-0.25, -0.2) is 4.57 Å². The van der Waals surface area contributed by atoms with E-state index in [9.17, 15) is 14.5 Å². The number of unbranched alkanes of at least 4 members (excludes halogenated alkanes) is 15. The summed E-state index contributed by atoms with van der Waals surface area (Å²) in [5.74, 6) is -0.411. The number of hydrogen-bond acceptors (Lipinski definition) is 5. The molecule has 196 valence electrons. The molecule has 0 rings (SSSR count). The Morgan fingerprint density at radius 3 is 1.70 bits per heavy atom. The van der Waals surface area contributed by atoms with Crippen LogP contribution in [0.4, 0.5) is 0 Å². The molecule has 0 spiro atoms. The van der Waals surface area contributed by atoms with Gasteiger partial charge in [0.2, 0.25) is 0 Å². The number of phosphoric acid groups is 1. The zero-order chi connectivity index (χ0) is 24.6. The minimum Gasteiger partial charge on any atom is -0.463 e. The van der Waals surface area contributed by atoms with Gasteiger partial charge in [-0.2, -0.15) is 0 Å². The third kappa shape index (κ3) is 27.4. The topological polar surface area (TPSA) is 113 Å². The zero-order valence-corrected chi connectivity index (χ0v) is 21.7. The molecule has 0 aliphatic rings. The minimum absolute atomic E-state index is 0.290. The zero-order valence-electron chi connectivity index (χ0n) is 20.8. The van der Waals surface area contributed by atoms with Gasteiger partial charge in [-0.05, 0) is 32.1 Å². The van der Waals surface area contributed by atoms with Crippen LogP contribution in [0, 0.1) is 0 Å². The van der Waals surface area contributed by atoms with Crippen molar-refractivity contribution in [1.29, 1.82) is 0 Å². The summed E-state index contributed by atoms with van der Waals surface area (Å²) in [5, 5.41) is 9.45. The van der Waals surface area contributed by atoms with Crippen LogP contribution in [0.5, 0.6) is 0 Å². The number of carbonyl (C=O) groups excluding carboxylic acids is 1. The van der Waals surface area contributed by atoms with Crippen molar-refractivity contribution in [1.82, 2.24) is 0 Å². The van der Waals surface area contributed by atoms with E-state index in [1.54, 1.807) is 0 Å². The lowest BCUT2D eigenvalue weighted by Gasteiger charge is -2.12. The summed E-state index contributed by atoms with van der Waals surface area (Å²) >= 11 is 0. The molecule has 0 aliphatic carbocycles. The van der Waals surface area contributed by atoms with E-state index in [-0.39, 0.29) is 6.61 Å². The summed E-state index contributed by atoms with van der Waals surface area (Å²) in [4.78, 5) is 28.7. The highest BCUT2D eigenvalue weighted by Crippen LogP contribution is 2.35. The quantitative estimate of drug-likeness (QED) is 0.0602. The van der Waals surface area contributed by atoms with Crippen molar-refractivity contribution < 1.29 is 33.5 Å². The van der Waals surface area contributed by atoms with Crippen molar-refractivity contribution in [3.8, 4) is 0 Å². The van der Waals surface area contributed by atoms with E-state index in [0.29, 0.717) is 6.42 Å². The van der Waals surface area contributed by atoms with Crippen molar-refractivity contribution in [3.63, 3.8) is 0 Å². The molecule has 0 radical (unpaired) electrons. The SMILES string of the molecule is CCCCCCCC/C=C/CCCCCCCCCCCC(=O)OCC(O)COP(=O)(O)O. The second kappa shape index (κ2) is 23.0. The van der Waals surface area contributed by atoms with Gasteiger partial charge in [-0.15, -0.1) is 0 Å². The van der Waals surface area contributed by atoms with E-state index in [0.717, 1.165) is 19.3 Å². The van der Waals surface area contributed by atoms with E-state index in [1.807, 2.05) is 0 Å². The molecule has 0 fully saturated rings. The lowest BCUT2D eigenvalue weighted by Crippen LogP contribution is -2.23. The largest absolute Gasteiger partial charge is 0.469 e. The molecule has 1 unspecified atom stereocenters. The van der Waals surface area contributed by atoms with E-state index >= 15 is 0 Å². The number of esters is 1. The summed E-state index contributed by atoms with van der Waals surface area (Å²) in [5.41, 5.74) is 0. The fourth-order valence-electron chi connectivity index (χ4n) is 3.54. The number of ether oxygens (including phenoxy) is 1. The van der Waals surface area contributed by atoms with Gasteiger partial charge in [-0.1, -0.05) is 96.1 Å². The van der Waals surface area contributed by atoms with E-state index in [4.69, 9.17) is 14.5 Å². The second-order valence-corrected chi connectivity index (χ2v) is 10.1. The number of aliphatic hydroxyl groups excluding tert-OH is 1. The van der Waals surface area contributed by atoms with Crippen molar-refractivity contribution in [2.75, 3.05) is 13.2 Å². The smallest absolute Gasteiger partial charge is 0.463 e. The summed E-state index contributed by atoms with van der Waals surface area (Å²) in [6.07, 6.45) is 24.8. The summed E-state index contributed by atoms with van der Waals surface area (Å²) < 4.78 is 19.6. The molecule has 0 saturated carbocycles. The van der Waals surface area contributed by atoms with Crippen LogP contribution in [0.2, 0.25) is 0 Å². The molecule has 0 amide bonds. The first-order valence-corrected chi connectivity index (χ1v) is 14.6. The van der Waals surface area contributed by atoms with Gasteiger partial charge in [-0.3, -0.25) is 9.32 Å². The number of aliphatic hydroxyl groups is 1. The van der Waals surface area contributed by atoms with Crippen LogP contribution < -0.4 is 0 Å². The molecule has 0 bridgehead atoms. The van der Waals surface area contributed by atoms with Crippen LogP contribution in [-0.4, -0.2) is 40.2 Å². The summed E-state index contributed by atoms with van der Waals surface area (Å²) in [7, 11) is -4.62. The molecule has 7 nitrogen and oxygen atoms in total. The number of hydrogen-bond donors (Lipinski definition) is 3. The van der Waals surface area contributed by atoms with Crippen LogP contribution in [0.25, 0.3) is 0 Å². The number of phosphoric ester groups is 1. The third-order valence-corrected chi connectivity index (χ3v) is 6.00.